The minimum Gasteiger partial charge on any atom is -0.358 e. The van der Waals surface area contributed by atoms with Crippen LogP contribution in [0.1, 0.15) is 12.6 Å². The summed E-state index contributed by atoms with van der Waals surface area (Å²) in [6.45, 7) is 6.96. The van der Waals surface area contributed by atoms with E-state index < -0.39 is 4.92 Å². The number of nitrogens with zero attached hydrogens (tertiary/aromatic N) is 4. The lowest BCUT2D eigenvalue weighted by atomic mass is 10.4. The predicted molar refractivity (Wildman–Crippen MR) is 61.5 cm³/mol. The van der Waals surface area contributed by atoms with Crippen LogP contribution in [0.4, 0.5) is 5.82 Å². The lowest BCUT2D eigenvalue weighted by Crippen LogP contribution is -2.10. The van der Waals surface area contributed by atoms with Crippen LogP contribution in [0.15, 0.2) is 36.0 Å². The SMILES string of the molecule is C=C/C=C\N=C(/C)n1nc([N+](=O)[O-])cc1C. The van der Waals surface area contributed by atoms with Crippen LogP contribution in [0.25, 0.3) is 0 Å². The number of hydrogen-bond acceptors (Lipinski definition) is 4. The second-order valence-corrected chi connectivity index (χ2v) is 3.07. The van der Waals surface area contributed by atoms with E-state index in [0.29, 0.717) is 11.5 Å². The lowest BCUT2D eigenvalue weighted by molar-refractivity contribution is -0.389. The molecule has 0 bridgehead atoms. The molecule has 0 fully saturated rings. The van der Waals surface area contributed by atoms with Crippen LogP contribution >= 0.6 is 0 Å². The highest BCUT2D eigenvalue weighted by Gasteiger charge is 2.16. The molecule has 1 aromatic rings. The van der Waals surface area contributed by atoms with Crippen molar-refractivity contribution < 1.29 is 4.92 Å². The summed E-state index contributed by atoms with van der Waals surface area (Å²) in [5, 5.41) is 14.3. The van der Waals surface area contributed by atoms with Crippen molar-refractivity contribution in [2.24, 2.45) is 4.99 Å². The Bertz CT molecular complexity index is 471. The average molecular weight is 220 g/mol. The summed E-state index contributed by atoms with van der Waals surface area (Å²) < 4.78 is 1.42. The van der Waals surface area contributed by atoms with Crippen LogP contribution in [-0.2, 0) is 0 Å². The van der Waals surface area contributed by atoms with Crippen LogP contribution in [0, 0.1) is 17.0 Å². The Labute approximate surface area is 92.8 Å². The highest BCUT2D eigenvalue weighted by atomic mass is 16.6. The van der Waals surface area contributed by atoms with Gasteiger partial charge >= 0.3 is 5.82 Å². The van der Waals surface area contributed by atoms with Crippen LogP contribution < -0.4 is 0 Å². The first-order valence-corrected chi connectivity index (χ1v) is 4.59. The number of allylic oxidation sites excluding steroid dienone is 2. The Hall–Kier alpha value is -2.24. The predicted octanol–water partition coefficient (Wildman–Crippen LogP) is 2.07. The van der Waals surface area contributed by atoms with Crippen LogP contribution in [-0.4, -0.2) is 20.5 Å². The molecule has 1 rings (SSSR count). The normalized spacial score (nSPS) is 12.0. The second kappa shape index (κ2) is 5.01. The zero-order valence-electron chi connectivity index (χ0n) is 9.12. The van der Waals surface area contributed by atoms with E-state index in [0.717, 1.165) is 0 Å². The van der Waals surface area contributed by atoms with Crippen LogP contribution in [0.3, 0.4) is 0 Å². The number of rotatable bonds is 3. The minimum absolute atomic E-state index is 0.181. The molecule has 16 heavy (non-hydrogen) atoms. The van der Waals surface area contributed by atoms with Gasteiger partial charge in [0.1, 0.15) is 5.84 Å². The maximum absolute atomic E-state index is 10.5. The van der Waals surface area contributed by atoms with Crippen LogP contribution in [0.2, 0.25) is 0 Å². The molecular formula is C10H12N4O2. The molecule has 0 unspecified atom stereocenters. The largest absolute Gasteiger partial charge is 0.390 e. The monoisotopic (exact) mass is 220 g/mol. The Morgan fingerprint density at radius 3 is 2.94 bits per heavy atom. The summed E-state index contributed by atoms with van der Waals surface area (Å²) >= 11 is 0. The van der Waals surface area contributed by atoms with Crippen LogP contribution in [0.5, 0.6) is 0 Å². The lowest BCUT2D eigenvalue weighted by Gasteiger charge is -1.95. The molecule has 0 amide bonds. The van der Waals surface area contributed by atoms with Gasteiger partial charge in [0.25, 0.3) is 0 Å². The first kappa shape index (κ1) is 11.8. The third-order valence-electron chi connectivity index (χ3n) is 1.85. The molecule has 0 atom stereocenters. The number of aliphatic imine (C=N–C) groups is 1. The maximum atomic E-state index is 10.5. The molecule has 1 heterocycles. The van der Waals surface area contributed by atoms with Gasteiger partial charge in [-0.1, -0.05) is 12.7 Å². The van der Waals surface area contributed by atoms with Gasteiger partial charge < -0.3 is 10.1 Å². The van der Waals surface area contributed by atoms with E-state index in [1.54, 1.807) is 32.2 Å². The number of aryl methyl sites for hydroxylation is 1. The van der Waals surface area contributed by atoms with E-state index in [-0.39, 0.29) is 5.82 Å². The van der Waals surface area contributed by atoms with Gasteiger partial charge in [0, 0.05) is 6.20 Å². The molecule has 0 N–H and O–H groups in total. The first-order chi connectivity index (χ1) is 7.56. The van der Waals surface area contributed by atoms with Crippen molar-refractivity contribution in [1.82, 2.24) is 9.78 Å². The molecule has 0 radical (unpaired) electrons. The highest BCUT2D eigenvalue weighted by molar-refractivity contribution is 5.82. The van der Waals surface area contributed by atoms with Gasteiger partial charge in [-0.2, -0.15) is 0 Å². The summed E-state index contributed by atoms with van der Waals surface area (Å²) in [6.07, 6.45) is 4.81. The van der Waals surface area contributed by atoms with Crippen molar-refractivity contribution in [2.75, 3.05) is 0 Å². The third-order valence-corrected chi connectivity index (χ3v) is 1.85. The topological polar surface area (TPSA) is 73.3 Å². The standard InChI is InChI=1S/C10H12N4O2/c1-4-5-6-11-9(3)13-8(2)7-10(12-13)14(15)16/h4-7H,1H2,2-3H3/b6-5-,11-9+. The molecule has 0 spiro atoms. The number of nitro groups is 1. The summed E-state index contributed by atoms with van der Waals surface area (Å²) in [4.78, 5) is 14.0. The zero-order chi connectivity index (χ0) is 12.1. The number of aromatic nitrogens is 2. The molecular weight excluding hydrogens is 208 g/mol. The van der Waals surface area contributed by atoms with Crippen molar-refractivity contribution in [3.8, 4) is 0 Å². The van der Waals surface area contributed by atoms with Crippen molar-refractivity contribution in [1.29, 1.82) is 0 Å². The summed E-state index contributed by atoms with van der Waals surface area (Å²) in [7, 11) is 0. The zero-order valence-corrected chi connectivity index (χ0v) is 9.12. The molecule has 6 nitrogen and oxygen atoms in total. The van der Waals surface area contributed by atoms with E-state index in [2.05, 4.69) is 16.7 Å². The van der Waals surface area contributed by atoms with Crippen molar-refractivity contribution >= 4 is 11.7 Å². The molecule has 1 aromatic heterocycles. The highest BCUT2D eigenvalue weighted by Crippen LogP contribution is 2.10. The van der Waals surface area contributed by atoms with E-state index in [1.807, 2.05) is 0 Å². The van der Waals surface area contributed by atoms with Gasteiger partial charge in [0.15, 0.2) is 0 Å². The molecule has 0 aliphatic rings. The van der Waals surface area contributed by atoms with Crippen molar-refractivity contribution in [2.45, 2.75) is 13.8 Å². The Morgan fingerprint density at radius 1 is 1.75 bits per heavy atom. The maximum Gasteiger partial charge on any atom is 0.390 e. The Balaban J connectivity index is 3.04. The smallest absolute Gasteiger partial charge is 0.358 e. The molecule has 0 saturated heterocycles. The van der Waals surface area contributed by atoms with Gasteiger partial charge in [-0.25, -0.2) is 4.99 Å². The van der Waals surface area contributed by atoms with Gasteiger partial charge in [0.2, 0.25) is 0 Å². The fourth-order valence-electron chi connectivity index (χ4n) is 1.14. The molecule has 0 aliphatic carbocycles. The van der Waals surface area contributed by atoms with E-state index in [1.165, 1.54) is 10.7 Å². The van der Waals surface area contributed by atoms with E-state index in [9.17, 15) is 10.1 Å². The Kier molecular flexibility index (Phi) is 3.71. The molecule has 0 aromatic carbocycles. The van der Waals surface area contributed by atoms with Gasteiger partial charge in [-0.3, -0.25) is 0 Å². The van der Waals surface area contributed by atoms with Gasteiger partial charge in [-0.15, -0.1) is 4.68 Å². The molecule has 6 heteroatoms. The van der Waals surface area contributed by atoms with E-state index >= 15 is 0 Å². The average Bonchev–Trinajstić information content (AvgIpc) is 2.61. The fraction of sp³-hybridized carbons (Fsp3) is 0.200. The quantitative estimate of drug-likeness (QED) is 0.257. The fourth-order valence-corrected chi connectivity index (χ4v) is 1.14. The molecule has 0 saturated carbocycles. The Morgan fingerprint density at radius 2 is 2.44 bits per heavy atom. The van der Waals surface area contributed by atoms with Gasteiger partial charge in [-0.05, 0) is 24.8 Å². The summed E-state index contributed by atoms with van der Waals surface area (Å²) in [5.41, 5.74) is 0.667. The first-order valence-electron chi connectivity index (χ1n) is 4.59. The molecule has 84 valence electrons. The molecule has 0 aliphatic heterocycles. The van der Waals surface area contributed by atoms with Crippen molar-refractivity contribution in [3.63, 3.8) is 0 Å². The number of hydrogen-bond donors (Lipinski definition) is 0. The second-order valence-electron chi connectivity index (χ2n) is 3.07. The minimum atomic E-state index is -0.531. The van der Waals surface area contributed by atoms with Crippen molar-refractivity contribution in [3.05, 3.63) is 46.8 Å². The van der Waals surface area contributed by atoms with E-state index in [4.69, 9.17) is 0 Å². The third kappa shape index (κ3) is 2.63. The summed E-state index contributed by atoms with van der Waals surface area (Å²) in [6, 6.07) is 1.40. The summed E-state index contributed by atoms with van der Waals surface area (Å²) in [5.74, 6) is 0.378. The van der Waals surface area contributed by atoms with Gasteiger partial charge in [0.05, 0.1) is 16.9 Å².